The Morgan fingerprint density at radius 3 is 2.62 bits per heavy atom. The number of thiophene rings is 1. The summed E-state index contributed by atoms with van der Waals surface area (Å²) in [6, 6.07) is 3.14. The van der Waals surface area contributed by atoms with Crippen molar-refractivity contribution < 1.29 is 17.2 Å². The standard InChI is InChI=1S/C12H11BrF2N2O2S2/c1-16-5-7-2-12(20-6-7)21(18,19)17-11-4-9(14)8(13)3-10(11)15/h2-4,6,16-17H,5H2,1H3. The number of hydrogen-bond acceptors (Lipinski definition) is 4. The van der Waals surface area contributed by atoms with E-state index in [9.17, 15) is 17.2 Å². The van der Waals surface area contributed by atoms with Gasteiger partial charge in [-0.05, 0) is 46.1 Å². The van der Waals surface area contributed by atoms with Gasteiger partial charge >= 0.3 is 0 Å². The third-order valence-electron chi connectivity index (χ3n) is 2.53. The van der Waals surface area contributed by atoms with Crippen LogP contribution in [0.15, 0.2) is 32.3 Å². The second-order valence-electron chi connectivity index (χ2n) is 4.16. The quantitative estimate of drug-likeness (QED) is 0.762. The predicted octanol–water partition coefficient (Wildman–Crippen LogP) is 3.31. The van der Waals surface area contributed by atoms with Gasteiger partial charge in [-0.3, -0.25) is 4.72 Å². The minimum absolute atomic E-state index is 0.0375. The summed E-state index contributed by atoms with van der Waals surface area (Å²) in [4.78, 5) is 0. The number of nitrogens with one attached hydrogen (secondary N) is 2. The summed E-state index contributed by atoms with van der Waals surface area (Å²) >= 11 is 3.84. The van der Waals surface area contributed by atoms with Crippen molar-refractivity contribution in [3.05, 3.63) is 45.2 Å². The van der Waals surface area contributed by atoms with Crippen LogP contribution in [-0.4, -0.2) is 15.5 Å². The molecule has 0 amide bonds. The predicted molar refractivity (Wildman–Crippen MR) is 81.9 cm³/mol. The average Bonchev–Trinajstić information content (AvgIpc) is 2.86. The number of rotatable bonds is 5. The van der Waals surface area contributed by atoms with Crippen LogP contribution >= 0.6 is 27.3 Å². The van der Waals surface area contributed by atoms with Crippen LogP contribution in [0.2, 0.25) is 0 Å². The summed E-state index contributed by atoms with van der Waals surface area (Å²) in [5.74, 6) is -1.62. The van der Waals surface area contributed by atoms with E-state index >= 15 is 0 Å². The van der Waals surface area contributed by atoms with E-state index in [1.807, 2.05) is 0 Å². The number of hydrogen-bond donors (Lipinski definition) is 2. The maximum atomic E-state index is 13.7. The topological polar surface area (TPSA) is 58.2 Å². The molecule has 0 bridgehead atoms. The van der Waals surface area contributed by atoms with Crippen LogP contribution in [0.25, 0.3) is 0 Å². The Kier molecular flexibility index (Phi) is 4.97. The zero-order chi connectivity index (χ0) is 15.6. The SMILES string of the molecule is CNCc1csc(S(=O)(=O)Nc2cc(F)c(Br)cc2F)c1. The van der Waals surface area contributed by atoms with Gasteiger partial charge in [-0.2, -0.15) is 0 Å². The molecule has 0 saturated carbocycles. The van der Waals surface area contributed by atoms with Crippen LogP contribution in [0.4, 0.5) is 14.5 Å². The second kappa shape index (κ2) is 6.39. The maximum Gasteiger partial charge on any atom is 0.271 e. The van der Waals surface area contributed by atoms with E-state index < -0.39 is 27.3 Å². The van der Waals surface area contributed by atoms with Gasteiger partial charge in [0.25, 0.3) is 10.0 Å². The maximum absolute atomic E-state index is 13.7. The lowest BCUT2D eigenvalue weighted by Crippen LogP contribution is -2.13. The molecule has 0 aliphatic rings. The zero-order valence-corrected chi connectivity index (χ0v) is 14.0. The largest absolute Gasteiger partial charge is 0.316 e. The number of anilines is 1. The molecule has 0 unspecified atom stereocenters. The molecule has 0 radical (unpaired) electrons. The zero-order valence-electron chi connectivity index (χ0n) is 10.8. The molecule has 1 aromatic heterocycles. The van der Waals surface area contributed by atoms with Crippen molar-refractivity contribution in [3.63, 3.8) is 0 Å². The fourth-order valence-corrected chi connectivity index (χ4v) is 4.17. The Hall–Kier alpha value is -1.03. The van der Waals surface area contributed by atoms with E-state index in [4.69, 9.17) is 0 Å². The first-order valence-electron chi connectivity index (χ1n) is 5.73. The molecule has 0 atom stereocenters. The summed E-state index contributed by atoms with van der Waals surface area (Å²) in [5.41, 5.74) is 0.365. The van der Waals surface area contributed by atoms with Crippen molar-refractivity contribution in [1.82, 2.24) is 5.32 Å². The van der Waals surface area contributed by atoms with Crippen molar-refractivity contribution in [1.29, 1.82) is 0 Å². The molecule has 0 saturated heterocycles. The molecule has 9 heteroatoms. The summed E-state index contributed by atoms with van der Waals surface area (Å²) in [5, 5.41) is 4.58. The van der Waals surface area contributed by atoms with Gasteiger partial charge in [-0.25, -0.2) is 17.2 Å². The first-order chi connectivity index (χ1) is 9.83. The molecule has 1 heterocycles. The molecule has 0 fully saturated rings. The fraction of sp³-hybridized carbons (Fsp3) is 0.167. The summed E-state index contributed by atoms with van der Waals surface area (Å²) in [6.45, 7) is 0.521. The Balaban J connectivity index is 2.30. The molecule has 0 aliphatic carbocycles. The Morgan fingerprint density at radius 1 is 1.24 bits per heavy atom. The number of halogens is 3. The molecular formula is C12H11BrF2N2O2S2. The van der Waals surface area contributed by atoms with Gasteiger partial charge in [-0.1, -0.05) is 0 Å². The molecule has 2 N–H and O–H groups in total. The second-order valence-corrected chi connectivity index (χ2v) is 7.83. The minimum atomic E-state index is -3.94. The highest BCUT2D eigenvalue weighted by Gasteiger charge is 2.19. The Bertz CT molecular complexity index is 763. The highest BCUT2D eigenvalue weighted by Crippen LogP contribution is 2.27. The first-order valence-corrected chi connectivity index (χ1v) is 8.88. The number of sulfonamides is 1. The first kappa shape index (κ1) is 16.3. The van der Waals surface area contributed by atoms with Gasteiger partial charge in [0.15, 0.2) is 0 Å². The minimum Gasteiger partial charge on any atom is -0.316 e. The van der Waals surface area contributed by atoms with Crippen LogP contribution in [0.1, 0.15) is 5.56 Å². The number of benzene rings is 1. The highest BCUT2D eigenvalue weighted by molar-refractivity contribution is 9.10. The van der Waals surface area contributed by atoms with Gasteiger partial charge < -0.3 is 5.32 Å². The summed E-state index contributed by atoms with van der Waals surface area (Å²) in [7, 11) is -2.20. The van der Waals surface area contributed by atoms with E-state index in [1.165, 1.54) is 6.07 Å². The molecule has 0 aliphatic heterocycles. The average molecular weight is 397 g/mol. The molecule has 21 heavy (non-hydrogen) atoms. The summed E-state index contributed by atoms with van der Waals surface area (Å²) < 4.78 is 53.4. The lowest BCUT2D eigenvalue weighted by molar-refractivity contribution is 0.592. The van der Waals surface area contributed by atoms with Crippen LogP contribution in [0.5, 0.6) is 0 Å². The Morgan fingerprint density at radius 2 is 1.95 bits per heavy atom. The van der Waals surface area contributed by atoms with Gasteiger partial charge in [-0.15, -0.1) is 11.3 Å². The van der Waals surface area contributed by atoms with E-state index in [0.29, 0.717) is 6.54 Å². The van der Waals surface area contributed by atoms with Crippen LogP contribution in [-0.2, 0) is 16.6 Å². The highest BCUT2D eigenvalue weighted by atomic mass is 79.9. The van der Waals surface area contributed by atoms with Crippen LogP contribution in [0.3, 0.4) is 0 Å². The third-order valence-corrected chi connectivity index (χ3v) is 5.99. The van der Waals surface area contributed by atoms with Gasteiger partial charge in [0.2, 0.25) is 0 Å². The van der Waals surface area contributed by atoms with Crippen LogP contribution < -0.4 is 10.0 Å². The molecule has 4 nitrogen and oxygen atoms in total. The van der Waals surface area contributed by atoms with E-state index in [0.717, 1.165) is 29.0 Å². The smallest absolute Gasteiger partial charge is 0.271 e. The van der Waals surface area contributed by atoms with Crippen LogP contribution in [0, 0.1) is 11.6 Å². The van der Waals surface area contributed by atoms with Gasteiger partial charge in [0.1, 0.15) is 15.8 Å². The molecule has 1 aromatic carbocycles. The molecule has 2 rings (SSSR count). The molecule has 0 spiro atoms. The normalized spacial score (nSPS) is 11.6. The van der Waals surface area contributed by atoms with Crippen molar-refractivity contribution in [2.75, 3.05) is 11.8 Å². The fourth-order valence-electron chi connectivity index (χ4n) is 1.59. The molecule has 114 valence electrons. The molecular weight excluding hydrogens is 386 g/mol. The van der Waals surface area contributed by atoms with Crippen molar-refractivity contribution in [3.8, 4) is 0 Å². The van der Waals surface area contributed by atoms with Gasteiger partial charge in [0.05, 0.1) is 10.2 Å². The molecule has 2 aromatic rings. The van der Waals surface area contributed by atoms with E-state index in [1.54, 1.807) is 12.4 Å². The Labute approximate surface area is 133 Å². The monoisotopic (exact) mass is 396 g/mol. The van der Waals surface area contributed by atoms with Gasteiger partial charge in [0, 0.05) is 12.6 Å². The van der Waals surface area contributed by atoms with Crippen molar-refractivity contribution >= 4 is 43.0 Å². The lowest BCUT2D eigenvalue weighted by atomic mass is 10.3. The lowest BCUT2D eigenvalue weighted by Gasteiger charge is -2.08. The van der Waals surface area contributed by atoms with E-state index in [2.05, 4.69) is 26.0 Å². The third kappa shape index (κ3) is 3.79. The summed E-state index contributed by atoms with van der Waals surface area (Å²) in [6.07, 6.45) is 0. The van der Waals surface area contributed by atoms with E-state index in [-0.39, 0.29) is 8.68 Å². The van der Waals surface area contributed by atoms with Crippen molar-refractivity contribution in [2.45, 2.75) is 10.8 Å². The van der Waals surface area contributed by atoms with Crippen molar-refractivity contribution in [2.24, 2.45) is 0 Å².